The number of anilines is 3. The normalized spacial score (nSPS) is 10.2. The fraction of sp³-hybridized carbons (Fsp3) is 0. The molecule has 5 nitrogen and oxygen atoms in total. The second-order valence-electron chi connectivity index (χ2n) is 3.31. The molecular formula is C10H8BrF2N5. The highest BCUT2D eigenvalue weighted by molar-refractivity contribution is 9.10. The molecule has 0 unspecified atom stereocenters. The number of nitrogens with one attached hydrogen (secondary N) is 2. The van der Waals surface area contributed by atoms with E-state index in [1.165, 1.54) is 6.33 Å². The Morgan fingerprint density at radius 3 is 2.28 bits per heavy atom. The molecule has 0 aliphatic carbocycles. The zero-order valence-corrected chi connectivity index (χ0v) is 10.5. The molecule has 8 heteroatoms. The highest BCUT2D eigenvalue weighted by Gasteiger charge is 2.09. The largest absolute Gasteiger partial charge is 0.339 e. The van der Waals surface area contributed by atoms with Crippen LogP contribution in [0.2, 0.25) is 0 Å². The van der Waals surface area contributed by atoms with Crippen molar-refractivity contribution in [3.8, 4) is 0 Å². The number of benzene rings is 1. The first-order valence-electron chi connectivity index (χ1n) is 4.80. The molecule has 0 saturated carbocycles. The minimum Gasteiger partial charge on any atom is -0.339 e. The summed E-state index contributed by atoms with van der Waals surface area (Å²) in [6.45, 7) is 0. The molecule has 18 heavy (non-hydrogen) atoms. The highest BCUT2D eigenvalue weighted by atomic mass is 79.9. The van der Waals surface area contributed by atoms with Crippen LogP contribution >= 0.6 is 15.9 Å². The van der Waals surface area contributed by atoms with Gasteiger partial charge >= 0.3 is 0 Å². The first kappa shape index (κ1) is 12.7. The Morgan fingerprint density at radius 1 is 1.06 bits per heavy atom. The van der Waals surface area contributed by atoms with E-state index in [-0.39, 0.29) is 5.69 Å². The van der Waals surface area contributed by atoms with Crippen LogP contribution in [0.25, 0.3) is 0 Å². The number of nitrogens with two attached hydrogens (primary N) is 1. The number of hydrazine groups is 1. The molecule has 0 spiro atoms. The van der Waals surface area contributed by atoms with Crippen molar-refractivity contribution in [3.63, 3.8) is 0 Å². The van der Waals surface area contributed by atoms with Gasteiger partial charge in [0.2, 0.25) is 0 Å². The number of nitrogen functional groups attached to an aromatic ring is 1. The molecule has 0 aliphatic rings. The van der Waals surface area contributed by atoms with Gasteiger partial charge in [0.05, 0.1) is 0 Å². The first-order valence-corrected chi connectivity index (χ1v) is 5.59. The monoisotopic (exact) mass is 315 g/mol. The molecule has 1 aromatic carbocycles. The molecule has 0 saturated heterocycles. The van der Waals surface area contributed by atoms with Crippen molar-refractivity contribution in [1.82, 2.24) is 9.97 Å². The Labute approximate surface area is 110 Å². The summed E-state index contributed by atoms with van der Waals surface area (Å²) in [7, 11) is 0. The van der Waals surface area contributed by atoms with Crippen molar-refractivity contribution in [3.05, 3.63) is 40.6 Å². The van der Waals surface area contributed by atoms with Crippen molar-refractivity contribution in [2.75, 3.05) is 10.7 Å². The van der Waals surface area contributed by atoms with Gasteiger partial charge in [0.15, 0.2) is 5.82 Å². The Morgan fingerprint density at radius 2 is 1.67 bits per heavy atom. The van der Waals surface area contributed by atoms with Gasteiger partial charge in [-0.2, -0.15) is 0 Å². The smallest absolute Gasteiger partial charge is 0.159 e. The van der Waals surface area contributed by atoms with Crippen molar-refractivity contribution in [2.45, 2.75) is 0 Å². The van der Waals surface area contributed by atoms with Gasteiger partial charge in [0.1, 0.15) is 28.3 Å². The quantitative estimate of drug-likeness (QED) is 0.599. The van der Waals surface area contributed by atoms with E-state index in [4.69, 9.17) is 5.84 Å². The molecule has 2 rings (SSSR count). The fourth-order valence-electron chi connectivity index (χ4n) is 1.32. The summed E-state index contributed by atoms with van der Waals surface area (Å²) in [5.74, 6) is 4.57. The standard InChI is InChI=1S/C10H8BrF2N5/c11-8-9(15-4-16-10(8)18-14)17-7-2-5(12)1-6(13)3-7/h1-4H,14H2,(H2,15,16,17,18). The van der Waals surface area contributed by atoms with E-state index in [1.807, 2.05) is 0 Å². The van der Waals surface area contributed by atoms with Crippen molar-refractivity contribution < 1.29 is 8.78 Å². The number of aromatic nitrogens is 2. The maximum atomic E-state index is 13.0. The Balaban J connectivity index is 2.34. The number of halogens is 3. The molecular weight excluding hydrogens is 308 g/mol. The van der Waals surface area contributed by atoms with Crippen LogP contribution in [0.5, 0.6) is 0 Å². The lowest BCUT2D eigenvalue weighted by Crippen LogP contribution is -2.10. The summed E-state index contributed by atoms with van der Waals surface area (Å²) >= 11 is 3.22. The van der Waals surface area contributed by atoms with Gasteiger partial charge in [0, 0.05) is 11.8 Å². The van der Waals surface area contributed by atoms with Crippen molar-refractivity contribution >= 4 is 33.3 Å². The van der Waals surface area contributed by atoms with Crippen LogP contribution < -0.4 is 16.6 Å². The third-order valence-corrected chi connectivity index (χ3v) is 2.80. The van der Waals surface area contributed by atoms with Crippen molar-refractivity contribution in [2.24, 2.45) is 5.84 Å². The minimum absolute atomic E-state index is 0.231. The molecule has 0 aliphatic heterocycles. The third kappa shape index (κ3) is 2.71. The van der Waals surface area contributed by atoms with Crippen LogP contribution in [0.3, 0.4) is 0 Å². The van der Waals surface area contributed by atoms with E-state index in [0.717, 1.165) is 18.2 Å². The predicted molar refractivity (Wildman–Crippen MR) is 67.2 cm³/mol. The lowest BCUT2D eigenvalue weighted by molar-refractivity contribution is 0.584. The average molecular weight is 316 g/mol. The van der Waals surface area contributed by atoms with Gasteiger partial charge in [-0.05, 0) is 28.1 Å². The summed E-state index contributed by atoms with van der Waals surface area (Å²) in [6, 6.07) is 3.08. The summed E-state index contributed by atoms with van der Waals surface area (Å²) < 4.78 is 26.5. The summed E-state index contributed by atoms with van der Waals surface area (Å²) in [5.41, 5.74) is 2.59. The van der Waals surface area contributed by atoms with Gasteiger partial charge in [-0.15, -0.1) is 0 Å². The molecule has 0 bridgehead atoms. The Bertz CT molecular complexity index is 558. The number of nitrogens with zero attached hydrogens (tertiary/aromatic N) is 2. The number of hydrogen-bond acceptors (Lipinski definition) is 5. The molecule has 1 aromatic heterocycles. The van der Waals surface area contributed by atoms with E-state index in [9.17, 15) is 8.78 Å². The zero-order chi connectivity index (χ0) is 13.1. The number of hydrogen-bond donors (Lipinski definition) is 3. The fourth-order valence-corrected chi connectivity index (χ4v) is 1.74. The SMILES string of the molecule is NNc1ncnc(Nc2cc(F)cc(F)c2)c1Br. The van der Waals surface area contributed by atoms with Gasteiger partial charge in [-0.1, -0.05) is 0 Å². The van der Waals surface area contributed by atoms with Gasteiger partial charge in [-0.3, -0.25) is 0 Å². The van der Waals surface area contributed by atoms with Gasteiger partial charge < -0.3 is 10.7 Å². The summed E-state index contributed by atoms with van der Waals surface area (Å²) in [6.07, 6.45) is 1.26. The van der Waals surface area contributed by atoms with Crippen LogP contribution in [-0.2, 0) is 0 Å². The lowest BCUT2D eigenvalue weighted by Gasteiger charge is -2.09. The average Bonchev–Trinajstić information content (AvgIpc) is 2.30. The molecule has 0 fully saturated rings. The van der Waals surface area contributed by atoms with Crippen molar-refractivity contribution in [1.29, 1.82) is 0 Å². The van der Waals surface area contributed by atoms with E-state index >= 15 is 0 Å². The van der Waals surface area contributed by atoms with E-state index < -0.39 is 11.6 Å². The molecule has 94 valence electrons. The zero-order valence-electron chi connectivity index (χ0n) is 8.92. The van der Waals surface area contributed by atoms with Gasteiger partial charge in [-0.25, -0.2) is 24.6 Å². The second kappa shape index (κ2) is 5.23. The predicted octanol–water partition coefficient (Wildman–Crippen LogP) is 2.55. The van der Waals surface area contributed by atoms with E-state index in [1.54, 1.807) is 0 Å². The lowest BCUT2D eigenvalue weighted by atomic mass is 10.3. The van der Waals surface area contributed by atoms with Crippen LogP contribution in [0.15, 0.2) is 29.0 Å². The molecule has 0 atom stereocenters. The molecule has 2 aromatic rings. The molecule has 4 N–H and O–H groups in total. The second-order valence-corrected chi connectivity index (χ2v) is 4.11. The molecule has 1 heterocycles. The Kier molecular flexibility index (Phi) is 3.68. The maximum absolute atomic E-state index is 13.0. The van der Waals surface area contributed by atoms with Crippen LogP contribution in [-0.4, -0.2) is 9.97 Å². The topological polar surface area (TPSA) is 75.9 Å². The highest BCUT2D eigenvalue weighted by Crippen LogP contribution is 2.28. The maximum Gasteiger partial charge on any atom is 0.159 e. The van der Waals surface area contributed by atoms with E-state index in [0.29, 0.717) is 16.1 Å². The molecule has 0 radical (unpaired) electrons. The third-order valence-electron chi connectivity index (χ3n) is 2.05. The van der Waals surface area contributed by atoms with E-state index in [2.05, 4.69) is 36.6 Å². The van der Waals surface area contributed by atoms with Crippen LogP contribution in [0.1, 0.15) is 0 Å². The minimum atomic E-state index is -0.681. The molecule has 0 amide bonds. The first-order chi connectivity index (χ1) is 8.60. The van der Waals surface area contributed by atoms with Crippen LogP contribution in [0, 0.1) is 11.6 Å². The summed E-state index contributed by atoms with van der Waals surface area (Å²) in [4.78, 5) is 7.78. The number of rotatable bonds is 3. The Hall–Kier alpha value is -1.80. The summed E-state index contributed by atoms with van der Waals surface area (Å²) in [5, 5.41) is 2.76. The van der Waals surface area contributed by atoms with Gasteiger partial charge in [0.25, 0.3) is 0 Å². The van der Waals surface area contributed by atoms with Crippen LogP contribution in [0.4, 0.5) is 26.1 Å².